The summed E-state index contributed by atoms with van der Waals surface area (Å²) in [6.45, 7) is 0. The summed E-state index contributed by atoms with van der Waals surface area (Å²) in [6.07, 6.45) is 0. The number of benzene rings is 2. The average Bonchev–Trinajstić information content (AvgIpc) is 2.39. The lowest BCUT2D eigenvalue weighted by Crippen LogP contribution is -1.90. The molecule has 0 radical (unpaired) electrons. The zero-order chi connectivity index (χ0) is 13.0. The summed E-state index contributed by atoms with van der Waals surface area (Å²) >= 11 is 11.8. The van der Waals surface area contributed by atoms with Crippen molar-refractivity contribution in [3.05, 3.63) is 58.6 Å². The first kappa shape index (κ1) is 12.8. The summed E-state index contributed by atoms with van der Waals surface area (Å²) in [5.74, 6) is 1.53. The van der Waals surface area contributed by atoms with Crippen LogP contribution in [0, 0.1) is 11.3 Å². The molecule has 2 rings (SSSR count). The fourth-order valence-electron chi connectivity index (χ4n) is 1.49. The van der Waals surface area contributed by atoms with Gasteiger partial charge in [-0.3, -0.25) is 0 Å². The molecule has 2 nitrogen and oxygen atoms in total. The van der Waals surface area contributed by atoms with Gasteiger partial charge < -0.3 is 4.74 Å². The molecule has 0 atom stereocenters. The Morgan fingerprint density at radius 1 is 1.17 bits per heavy atom. The van der Waals surface area contributed by atoms with Crippen LogP contribution in [0.15, 0.2) is 42.5 Å². The zero-order valence-corrected chi connectivity index (χ0v) is 10.9. The highest BCUT2D eigenvalue weighted by molar-refractivity contribution is 6.30. The zero-order valence-electron chi connectivity index (χ0n) is 9.36. The molecule has 0 heterocycles. The van der Waals surface area contributed by atoms with Crippen molar-refractivity contribution in [2.24, 2.45) is 0 Å². The molecule has 0 saturated carbocycles. The van der Waals surface area contributed by atoms with Crippen LogP contribution in [-0.2, 0) is 5.88 Å². The van der Waals surface area contributed by atoms with Crippen LogP contribution < -0.4 is 4.74 Å². The maximum Gasteiger partial charge on any atom is 0.133 e. The maximum atomic E-state index is 8.83. The number of nitrogens with zero attached hydrogens (tertiary/aromatic N) is 1. The van der Waals surface area contributed by atoms with Crippen LogP contribution in [0.1, 0.15) is 11.1 Å². The van der Waals surface area contributed by atoms with Crippen molar-refractivity contribution in [1.29, 1.82) is 5.26 Å². The number of halogens is 2. The van der Waals surface area contributed by atoms with E-state index in [9.17, 15) is 0 Å². The van der Waals surface area contributed by atoms with E-state index in [2.05, 4.69) is 6.07 Å². The first-order valence-electron chi connectivity index (χ1n) is 5.25. The molecule has 0 N–H and O–H groups in total. The van der Waals surface area contributed by atoms with Gasteiger partial charge in [0.05, 0.1) is 17.5 Å². The standard InChI is InChI=1S/C14H9Cl2NO/c15-8-11-4-5-12(16)7-14(11)18-13-3-1-2-10(6-13)9-17/h1-7H,8H2. The Morgan fingerprint density at radius 3 is 2.72 bits per heavy atom. The van der Waals surface area contributed by atoms with Crippen LogP contribution in [-0.4, -0.2) is 0 Å². The number of hydrogen-bond donors (Lipinski definition) is 0. The van der Waals surface area contributed by atoms with Crippen LogP contribution in [0.2, 0.25) is 5.02 Å². The third-order valence-corrected chi connectivity index (χ3v) is 2.89. The number of rotatable bonds is 3. The third kappa shape index (κ3) is 2.95. The quantitative estimate of drug-likeness (QED) is 0.759. The Bertz CT molecular complexity index is 605. The van der Waals surface area contributed by atoms with Crippen LogP contribution >= 0.6 is 23.2 Å². The molecule has 0 unspecified atom stereocenters. The van der Waals surface area contributed by atoms with E-state index in [1.807, 2.05) is 6.07 Å². The highest BCUT2D eigenvalue weighted by atomic mass is 35.5. The predicted octanol–water partition coefficient (Wildman–Crippen LogP) is 4.74. The van der Waals surface area contributed by atoms with Crippen molar-refractivity contribution in [3.8, 4) is 17.6 Å². The lowest BCUT2D eigenvalue weighted by atomic mass is 10.2. The second kappa shape index (κ2) is 5.77. The van der Waals surface area contributed by atoms with E-state index in [-0.39, 0.29) is 0 Å². The Hall–Kier alpha value is -1.69. The highest BCUT2D eigenvalue weighted by Crippen LogP contribution is 2.29. The fraction of sp³-hybridized carbons (Fsp3) is 0.0714. The van der Waals surface area contributed by atoms with Crippen LogP contribution in [0.4, 0.5) is 0 Å². The minimum Gasteiger partial charge on any atom is -0.457 e. The SMILES string of the molecule is N#Cc1cccc(Oc2cc(Cl)ccc2CCl)c1. The Balaban J connectivity index is 2.33. The van der Waals surface area contributed by atoms with Crippen molar-refractivity contribution in [3.63, 3.8) is 0 Å². The largest absolute Gasteiger partial charge is 0.457 e. The molecule has 0 bridgehead atoms. The van der Waals surface area contributed by atoms with Crippen molar-refractivity contribution in [2.45, 2.75) is 5.88 Å². The molecule has 0 aromatic heterocycles. The average molecular weight is 278 g/mol. The predicted molar refractivity (Wildman–Crippen MR) is 72.2 cm³/mol. The van der Waals surface area contributed by atoms with Gasteiger partial charge in [-0.15, -0.1) is 11.6 Å². The molecule has 4 heteroatoms. The minimum absolute atomic E-state index is 0.338. The lowest BCUT2D eigenvalue weighted by Gasteiger charge is -2.10. The summed E-state index contributed by atoms with van der Waals surface area (Å²) in [5, 5.41) is 9.40. The molecule has 0 aliphatic heterocycles. The van der Waals surface area contributed by atoms with E-state index in [0.29, 0.717) is 28.0 Å². The molecule has 0 spiro atoms. The summed E-state index contributed by atoms with van der Waals surface area (Å²) in [5.41, 5.74) is 1.39. The van der Waals surface area contributed by atoms with Crippen molar-refractivity contribution in [2.75, 3.05) is 0 Å². The molecule has 0 aliphatic carbocycles. The second-order valence-electron chi connectivity index (χ2n) is 3.63. The van der Waals surface area contributed by atoms with Crippen LogP contribution in [0.3, 0.4) is 0 Å². The van der Waals surface area contributed by atoms with E-state index in [1.54, 1.807) is 36.4 Å². The molecule has 0 aliphatic rings. The van der Waals surface area contributed by atoms with Gasteiger partial charge in [-0.2, -0.15) is 5.26 Å². The van der Waals surface area contributed by atoms with Gasteiger partial charge in [0.1, 0.15) is 11.5 Å². The third-order valence-electron chi connectivity index (χ3n) is 2.36. The summed E-state index contributed by atoms with van der Waals surface area (Å²) in [7, 11) is 0. The molecule has 2 aromatic rings. The maximum absolute atomic E-state index is 8.83. The molecular weight excluding hydrogens is 269 g/mol. The van der Waals surface area contributed by atoms with Gasteiger partial charge in [-0.25, -0.2) is 0 Å². The molecule has 0 amide bonds. The summed E-state index contributed by atoms with van der Waals surface area (Å²) < 4.78 is 5.70. The van der Waals surface area contributed by atoms with E-state index in [1.165, 1.54) is 0 Å². The fourth-order valence-corrected chi connectivity index (χ4v) is 1.87. The molecule has 18 heavy (non-hydrogen) atoms. The van der Waals surface area contributed by atoms with Crippen molar-refractivity contribution < 1.29 is 4.74 Å². The second-order valence-corrected chi connectivity index (χ2v) is 4.33. The van der Waals surface area contributed by atoms with Gasteiger partial charge in [-0.1, -0.05) is 23.7 Å². The van der Waals surface area contributed by atoms with Crippen molar-refractivity contribution in [1.82, 2.24) is 0 Å². The Kier molecular flexibility index (Phi) is 4.09. The molecule has 0 fully saturated rings. The van der Waals surface area contributed by atoms with Crippen LogP contribution in [0.25, 0.3) is 0 Å². The van der Waals surface area contributed by atoms with Gasteiger partial charge in [-0.05, 0) is 30.3 Å². The smallest absolute Gasteiger partial charge is 0.133 e. The van der Waals surface area contributed by atoms with E-state index in [4.69, 9.17) is 33.2 Å². The van der Waals surface area contributed by atoms with E-state index in [0.717, 1.165) is 5.56 Å². The van der Waals surface area contributed by atoms with Crippen LogP contribution in [0.5, 0.6) is 11.5 Å². The number of alkyl halides is 1. The first-order chi connectivity index (χ1) is 8.72. The van der Waals surface area contributed by atoms with E-state index >= 15 is 0 Å². The molecule has 90 valence electrons. The van der Waals surface area contributed by atoms with Gasteiger partial charge in [0.2, 0.25) is 0 Å². The minimum atomic E-state index is 0.338. The molecular formula is C14H9Cl2NO. The monoisotopic (exact) mass is 277 g/mol. The first-order valence-corrected chi connectivity index (χ1v) is 6.16. The lowest BCUT2D eigenvalue weighted by molar-refractivity contribution is 0.478. The highest BCUT2D eigenvalue weighted by Gasteiger charge is 2.06. The Morgan fingerprint density at radius 2 is 2.00 bits per heavy atom. The van der Waals surface area contributed by atoms with Gasteiger partial charge in [0, 0.05) is 10.6 Å². The number of nitriles is 1. The van der Waals surface area contributed by atoms with Gasteiger partial charge in [0.25, 0.3) is 0 Å². The topological polar surface area (TPSA) is 33.0 Å². The molecule has 0 saturated heterocycles. The summed E-state index contributed by atoms with van der Waals surface area (Å²) in [6, 6.07) is 14.3. The van der Waals surface area contributed by atoms with Crippen molar-refractivity contribution >= 4 is 23.2 Å². The number of hydrogen-bond acceptors (Lipinski definition) is 2. The normalized spacial score (nSPS) is 9.83. The molecule has 2 aromatic carbocycles. The Labute approximate surface area is 115 Å². The number of ether oxygens (including phenoxy) is 1. The van der Waals surface area contributed by atoms with Gasteiger partial charge >= 0.3 is 0 Å². The van der Waals surface area contributed by atoms with E-state index < -0.39 is 0 Å². The van der Waals surface area contributed by atoms with Gasteiger partial charge in [0.15, 0.2) is 0 Å². The summed E-state index contributed by atoms with van der Waals surface area (Å²) in [4.78, 5) is 0.